The Balaban J connectivity index is 2.21. The van der Waals surface area contributed by atoms with Gasteiger partial charge < -0.3 is 9.64 Å². The van der Waals surface area contributed by atoms with E-state index in [-0.39, 0.29) is 0 Å². The van der Waals surface area contributed by atoms with Crippen LogP contribution in [0.25, 0.3) is 0 Å². The van der Waals surface area contributed by atoms with Gasteiger partial charge in [0.05, 0.1) is 12.4 Å². The highest BCUT2D eigenvalue weighted by molar-refractivity contribution is 5.11. The van der Waals surface area contributed by atoms with E-state index in [1.807, 2.05) is 13.2 Å². The summed E-state index contributed by atoms with van der Waals surface area (Å²) >= 11 is 0. The predicted molar refractivity (Wildman–Crippen MR) is 56.5 cm³/mol. The van der Waals surface area contributed by atoms with E-state index >= 15 is 0 Å². The van der Waals surface area contributed by atoms with Crippen LogP contribution in [0.1, 0.15) is 13.8 Å². The van der Waals surface area contributed by atoms with Crippen LogP contribution in [0.2, 0.25) is 0 Å². The summed E-state index contributed by atoms with van der Waals surface area (Å²) in [5.74, 6) is 0.847. The van der Waals surface area contributed by atoms with Crippen LogP contribution >= 0.6 is 0 Å². The van der Waals surface area contributed by atoms with Gasteiger partial charge in [-0.25, -0.2) is 0 Å². The minimum atomic E-state index is 0.730. The molecule has 0 aliphatic heterocycles. The summed E-state index contributed by atoms with van der Waals surface area (Å²) in [5, 5.41) is 4.03. The maximum absolute atomic E-state index is 5.54. The van der Waals surface area contributed by atoms with Gasteiger partial charge in [-0.1, -0.05) is 13.8 Å². The van der Waals surface area contributed by atoms with Crippen LogP contribution in [0.4, 0.5) is 0 Å². The Hall–Kier alpha value is -1.03. The molecule has 80 valence electrons. The number of rotatable bonds is 6. The number of ether oxygens (including phenoxy) is 1. The topological polar surface area (TPSA) is 30.3 Å². The molecule has 0 radical (unpaired) electrons. The van der Waals surface area contributed by atoms with Gasteiger partial charge in [0.25, 0.3) is 0 Å². The average Bonchev–Trinajstić information content (AvgIpc) is 2.59. The Labute approximate surface area is 85.5 Å². The molecule has 1 aromatic heterocycles. The Morgan fingerprint density at radius 3 is 2.64 bits per heavy atom. The molecule has 4 nitrogen and oxygen atoms in total. The van der Waals surface area contributed by atoms with Crippen molar-refractivity contribution in [1.29, 1.82) is 0 Å². The van der Waals surface area contributed by atoms with E-state index in [0.717, 1.165) is 32.0 Å². The summed E-state index contributed by atoms with van der Waals surface area (Å²) in [5.41, 5.74) is 0. The van der Waals surface area contributed by atoms with Gasteiger partial charge in [0, 0.05) is 13.6 Å². The number of likely N-dealkylation sites (N-methyl/N-ethyl adjacent to an activating group) is 1. The second kappa shape index (κ2) is 5.65. The standard InChI is InChI=1S/C10H19N3O/c1-4-13(5-2)6-7-14-10-8-11-12(3)9-10/h8-9H,4-7H2,1-3H3. The number of hydrogen-bond donors (Lipinski definition) is 0. The van der Waals surface area contributed by atoms with E-state index < -0.39 is 0 Å². The van der Waals surface area contributed by atoms with Crippen molar-refractivity contribution in [3.63, 3.8) is 0 Å². The number of hydrogen-bond acceptors (Lipinski definition) is 3. The van der Waals surface area contributed by atoms with E-state index in [0.29, 0.717) is 0 Å². The van der Waals surface area contributed by atoms with Gasteiger partial charge >= 0.3 is 0 Å². The molecule has 0 bridgehead atoms. The third-order valence-electron chi connectivity index (χ3n) is 2.25. The number of aryl methyl sites for hydroxylation is 1. The third-order valence-corrected chi connectivity index (χ3v) is 2.25. The van der Waals surface area contributed by atoms with Crippen LogP contribution in [0, 0.1) is 0 Å². The van der Waals surface area contributed by atoms with Gasteiger partial charge in [-0.05, 0) is 13.1 Å². The fraction of sp³-hybridized carbons (Fsp3) is 0.700. The molecule has 0 fully saturated rings. The molecule has 0 aliphatic carbocycles. The summed E-state index contributed by atoms with van der Waals surface area (Å²) in [6.07, 6.45) is 3.62. The highest BCUT2D eigenvalue weighted by Crippen LogP contribution is 2.06. The van der Waals surface area contributed by atoms with Crippen molar-refractivity contribution in [3.05, 3.63) is 12.4 Å². The van der Waals surface area contributed by atoms with Gasteiger partial charge in [-0.3, -0.25) is 4.68 Å². The van der Waals surface area contributed by atoms with E-state index in [4.69, 9.17) is 4.74 Å². The molecular weight excluding hydrogens is 178 g/mol. The Kier molecular flexibility index (Phi) is 4.46. The average molecular weight is 197 g/mol. The van der Waals surface area contributed by atoms with E-state index in [1.165, 1.54) is 0 Å². The van der Waals surface area contributed by atoms with Gasteiger partial charge in [0.15, 0.2) is 5.75 Å². The third kappa shape index (κ3) is 3.38. The molecule has 14 heavy (non-hydrogen) atoms. The van der Waals surface area contributed by atoms with Crippen LogP contribution in [0.3, 0.4) is 0 Å². The second-order valence-corrected chi connectivity index (χ2v) is 3.23. The zero-order chi connectivity index (χ0) is 10.4. The second-order valence-electron chi connectivity index (χ2n) is 3.23. The maximum Gasteiger partial charge on any atom is 0.157 e. The van der Waals surface area contributed by atoms with Gasteiger partial charge in [-0.15, -0.1) is 0 Å². The molecule has 0 unspecified atom stereocenters. The highest BCUT2D eigenvalue weighted by atomic mass is 16.5. The van der Waals surface area contributed by atoms with Crippen molar-refractivity contribution < 1.29 is 4.74 Å². The first-order valence-electron chi connectivity index (χ1n) is 5.10. The molecule has 0 N–H and O–H groups in total. The Morgan fingerprint density at radius 2 is 2.14 bits per heavy atom. The van der Waals surface area contributed by atoms with Gasteiger partial charge in [0.2, 0.25) is 0 Å². The van der Waals surface area contributed by atoms with Crippen LogP contribution in [-0.2, 0) is 7.05 Å². The summed E-state index contributed by atoms with van der Waals surface area (Å²) in [6.45, 7) is 8.18. The molecule has 0 saturated heterocycles. The van der Waals surface area contributed by atoms with Gasteiger partial charge in [-0.2, -0.15) is 5.10 Å². The quantitative estimate of drug-likeness (QED) is 0.685. The minimum absolute atomic E-state index is 0.730. The van der Waals surface area contributed by atoms with Crippen LogP contribution < -0.4 is 4.74 Å². The van der Waals surface area contributed by atoms with E-state index in [9.17, 15) is 0 Å². The van der Waals surface area contributed by atoms with Crippen molar-refractivity contribution in [2.75, 3.05) is 26.2 Å². The van der Waals surface area contributed by atoms with Crippen LogP contribution in [-0.4, -0.2) is 40.9 Å². The van der Waals surface area contributed by atoms with Crippen LogP contribution in [0.5, 0.6) is 5.75 Å². The zero-order valence-electron chi connectivity index (χ0n) is 9.23. The Bertz CT molecular complexity index is 256. The van der Waals surface area contributed by atoms with E-state index in [1.54, 1.807) is 10.9 Å². The SMILES string of the molecule is CCN(CC)CCOc1cnn(C)c1. The molecule has 1 heterocycles. The number of nitrogens with zero attached hydrogens (tertiary/aromatic N) is 3. The predicted octanol–water partition coefficient (Wildman–Crippen LogP) is 1.14. The Morgan fingerprint density at radius 1 is 1.43 bits per heavy atom. The fourth-order valence-electron chi connectivity index (χ4n) is 1.31. The van der Waals surface area contributed by atoms with Crippen molar-refractivity contribution in [1.82, 2.24) is 14.7 Å². The lowest BCUT2D eigenvalue weighted by Gasteiger charge is -2.17. The van der Waals surface area contributed by atoms with E-state index in [2.05, 4.69) is 23.8 Å². The lowest BCUT2D eigenvalue weighted by Crippen LogP contribution is -2.27. The fourth-order valence-corrected chi connectivity index (χ4v) is 1.31. The highest BCUT2D eigenvalue weighted by Gasteiger charge is 2.00. The molecule has 0 amide bonds. The summed E-state index contributed by atoms with van der Waals surface area (Å²) in [6, 6.07) is 0. The number of aromatic nitrogens is 2. The smallest absolute Gasteiger partial charge is 0.157 e. The normalized spacial score (nSPS) is 10.9. The van der Waals surface area contributed by atoms with Gasteiger partial charge in [0.1, 0.15) is 6.61 Å². The molecular formula is C10H19N3O. The molecule has 1 rings (SSSR count). The zero-order valence-corrected chi connectivity index (χ0v) is 9.23. The van der Waals surface area contributed by atoms with Crippen molar-refractivity contribution in [3.8, 4) is 5.75 Å². The van der Waals surface area contributed by atoms with Crippen LogP contribution in [0.15, 0.2) is 12.4 Å². The lowest BCUT2D eigenvalue weighted by molar-refractivity contribution is 0.222. The molecule has 0 saturated carbocycles. The molecule has 0 atom stereocenters. The first-order valence-corrected chi connectivity index (χ1v) is 5.10. The molecule has 1 aromatic rings. The first-order chi connectivity index (χ1) is 6.76. The first kappa shape index (κ1) is 11.0. The largest absolute Gasteiger partial charge is 0.489 e. The molecule has 0 aromatic carbocycles. The van der Waals surface area contributed by atoms with Crippen molar-refractivity contribution in [2.45, 2.75) is 13.8 Å². The minimum Gasteiger partial charge on any atom is -0.489 e. The lowest BCUT2D eigenvalue weighted by atomic mass is 10.5. The van der Waals surface area contributed by atoms with Crippen molar-refractivity contribution in [2.24, 2.45) is 7.05 Å². The summed E-state index contributed by atoms with van der Waals surface area (Å²) in [4.78, 5) is 2.33. The maximum atomic E-state index is 5.54. The summed E-state index contributed by atoms with van der Waals surface area (Å²) in [7, 11) is 1.89. The molecule has 0 aliphatic rings. The molecule has 4 heteroatoms. The van der Waals surface area contributed by atoms with Crippen molar-refractivity contribution >= 4 is 0 Å². The monoisotopic (exact) mass is 197 g/mol. The summed E-state index contributed by atoms with van der Waals surface area (Å²) < 4.78 is 7.28. The molecule has 0 spiro atoms.